The molecule has 1 aliphatic heterocycles. The van der Waals surface area contributed by atoms with E-state index in [9.17, 15) is 18.0 Å². The maximum Gasteiger partial charge on any atom is 0.323 e. The number of ketones is 1. The van der Waals surface area contributed by atoms with Crippen molar-refractivity contribution >= 4 is 50.1 Å². The molecule has 1 unspecified atom stereocenters. The second kappa shape index (κ2) is 7.48. The maximum atomic E-state index is 12.3. The summed E-state index contributed by atoms with van der Waals surface area (Å²) in [6.07, 6.45) is 0. The van der Waals surface area contributed by atoms with E-state index in [1.807, 2.05) is 36.4 Å². The van der Waals surface area contributed by atoms with Crippen molar-refractivity contribution in [2.45, 2.75) is 11.5 Å². The molecule has 3 rings (SSSR count). The van der Waals surface area contributed by atoms with Gasteiger partial charge in [-0.3, -0.25) is 4.79 Å². The van der Waals surface area contributed by atoms with Gasteiger partial charge in [0.25, 0.3) is 0 Å². The number of rotatable bonds is 5. The normalized spacial score (nSPS) is 17.2. The highest BCUT2D eigenvalue weighted by atomic mass is 32.3. The number of carbonyl (C=O) groups excluding carboxylic acids is 2. The van der Waals surface area contributed by atoms with Gasteiger partial charge in [0.1, 0.15) is 0 Å². The third-order valence-electron chi connectivity index (χ3n) is 3.70. The van der Waals surface area contributed by atoms with Gasteiger partial charge in [0.05, 0.1) is 11.4 Å². The van der Waals surface area contributed by atoms with Crippen molar-refractivity contribution in [2.75, 3.05) is 11.9 Å². The first-order valence-corrected chi connectivity index (χ1v) is 10.4. The zero-order chi connectivity index (χ0) is 18.7. The lowest BCUT2D eigenvalue weighted by molar-refractivity contribution is -0.113. The molecule has 0 bridgehead atoms. The third-order valence-corrected chi connectivity index (χ3v) is 7.10. The summed E-state index contributed by atoms with van der Waals surface area (Å²) in [4.78, 5) is 24.5. The molecule has 3 N–H and O–H groups in total. The number of benzene rings is 2. The Morgan fingerprint density at radius 1 is 1.12 bits per heavy atom. The van der Waals surface area contributed by atoms with Crippen molar-refractivity contribution < 1.29 is 18.0 Å². The summed E-state index contributed by atoms with van der Waals surface area (Å²) in [5.74, 6) is -0.649. The Bertz CT molecular complexity index is 997. The average molecular weight is 391 g/mol. The molecule has 0 fully saturated rings. The van der Waals surface area contributed by atoms with Crippen molar-refractivity contribution in [2.24, 2.45) is 0 Å². The van der Waals surface area contributed by atoms with Crippen LogP contribution in [0.4, 0.5) is 10.5 Å². The lowest BCUT2D eigenvalue weighted by atomic mass is 10.1. The predicted octanol–water partition coefficient (Wildman–Crippen LogP) is 2.38. The van der Waals surface area contributed by atoms with Crippen molar-refractivity contribution in [3.05, 3.63) is 53.6 Å². The summed E-state index contributed by atoms with van der Waals surface area (Å²) >= 11 is 0.852. The number of nitrogens with one attached hydrogen (secondary N) is 3. The number of hydrogen-bond acceptors (Lipinski definition) is 5. The number of sulfonamides is 1. The van der Waals surface area contributed by atoms with Crippen LogP contribution in [0.2, 0.25) is 0 Å². The number of fused-ring (bicyclic) bond motifs is 1. The zero-order valence-corrected chi connectivity index (χ0v) is 15.5. The Morgan fingerprint density at radius 3 is 2.62 bits per heavy atom. The second-order valence-electron chi connectivity index (χ2n) is 5.51. The fraction of sp³-hybridized carbons (Fsp3) is 0.176. The molecule has 0 saturated carbocycles. The summed E-state index contributed by atoms with van der Waals surface area (Å²) in [5.41, 5.74) is 0.551. The van der Waals surface area contributed by atoms with Crippen molar-refractivity contribution in [3.63, 3.8) is 0 Å². The topological polar surface area (TPSA) is 104 Å². The quantitative estimate of drug-likeness (QED) is 0.726. The molecule has 0 saturated heterocycles. The van der Waals surface area contributed by atoms with Crippen LogP contribution in [-0.2, 0) is 14.8 Å². The number of anilines is 1. The van der Waals surface area contributed by atoms with Crippen LogP contribution in [0.15, 0.2) is 53.6 Å². The van der Waals surface area contributed by atoms with Crippen molar-refractivity contribution in [3.8, 4) is 0 Å². The lowest BCUT2D eigenvalue weighted by Crippen LogP contribution is -2.39. The number of amides is 2. The van der Waals surface area contributed by atoms with Gasteiger partial charge in [0.15, 0.2) is 4.58 Å². The van der Waals surface area contributed by atoms with Crippen LogP contribution in [0.25, 0.3) is 10.8 Å². The number of allylic oxidation sites excluding steroid dienone is 1. The van der Waals surface area contributed by atoms with E-state index >= 15 is 0 Å². The maximum absolute atomic E-state index is 12.3. The van der Waals surface area contributed by atoms with Crippen LogP contribution < -0.4 is 15.4 Å². The molecular weight excluding hydrogens is 374 g/mol. The summed E-state index contributed by atoms with van der Waals surface area (Å²) in [7, 11) is -3.78. The van der Waals surface area contributed by atoms with Gasteiger partial charge >= 0.3 is 6.03 Å². The van der Waals surface area contributed by atoms with E-state index in [4.69, 9.17) is 0 Å². The molecule has 1 heterocycles. The summed E-state index contributed by atoms with van der Waals surface area (Å²) in [6, 6.07) is 12.4. The molecular formula is C17H17N3O4S2. The van der Waals surface area contributed by atoms with Gasteiger partial charge in [-0.2, -0.15) is 0 Å². The van der Waals surface area contributed by atoms with E-state index in [2.05, 4.69) is 15.4 Å². The van der Waals surface area contributed by atoms with Crippen LogP contribution in [0.3, 0.4) is 0 Å². The molecule has 9 heteroatoms. The van der Waals surface area contributed by atoms with Crippen LogP contribution in [0.1, 0.15) is 6.92 Å². The Morgan fingerprint density at radius 2 is 1.85 bits per heavy atom. The molecule has 1 aliphatic rings. The van der Waals surface area contributed by atoms with Gasteiger partial charge in [-0.15, -0.1) is 11.8 Å². The SMILES string of the molecule is CCNS(=O)(=O)C1SC=C(NC(=O)Nc2cccc3ccccc23)C1=O. The minimum absolute atomic E-state index is 0.0424. The van der Waals surface area contributed by atoms with Crippen molar-refractivity contribution in [1.29, 1.82) is 0 Å². The monoisotopic (exact) mass is 391 g/mol. The zero-order valence-electron chi connectivity index (χ0n) is 13.9. The van der Waals surface area contributed by atoms with E-state index in [-0.39, 0.29) is 12.2 Å². The number of hydrogen-bond donors (Lipinski definition) is 3. The molecule has 0 aliphatic carbocycles. The number of carbonyl (C=O) groups is 2. The third kappa shape index (κ3) is 3.74. The van der Waals surface area contributed by atoms with Gasteiger partial charge < -0.3 is 10.6 Å². The number of urea groups is 1. The second-order valence-corrected chi connectivity index (χ2v) is 8.64. The van der Waals surface area contributed by atoms with Gasteiger partial charge in [0.2, 0.25) is 15.8 Å². The van der Waals surface area contributed by atoms with E-state index in [1.165, 1.54) is 5.41 Å². The smallest absolute Gasteiger partial charge is 0.307 e. The fourth-order valence-corrected chi connectivity index (χ4v) is 5.17. The highest BCUT2D eigenvalue weighted by Crippen LogP contribution is 2.29. The molecule has 0 radical (unpaired) electrons. The number of Topliss-reactive ketones (excluding diaryl/α,β-unsaturated/α-hetero) is 1. The van der Waals surface area contributed by atoms with E-state index in [0.717, 1.165) is 22.5 Å². The Kier molecular flexibility index (Phi) is 5.30. The van der Waals surface area contributed by atoms with E-state index < -0.39 is 26.4 Å². The summed E-state index contributed by atoms with van der Waals surface area (Å²) in [6.45, 7) is 1.82. The van der Waals surface area contributed by atoms with Gasteiger partial charge in [-0.05, 0) is 11.5 Å². The van der Waals surface area contributed by atoms with Gasteiger partial charge in [-0.25, -0.2) is 17.9 Å². The largest absolute Gasteiger partial charge is 0.323 e. The highest BCUT2D eigenvalue weighted by molar-refractivity contribution is 8.16. The first kappa shape index (κ1) is 18.4. The minimum Gasteiger partial charge on any atom is -0.307 e. The Balaban J connectivity index is 1.70. The van der Waals surface area contributed by atoms with E-state index in [1.54, 1.807) is 13.0 Å². The highest BCUT2D eigenvalue weighted by Gasteiger charge is 2.39. The summed E-state index contributed by atoms with van der Waals surface area (Å²) in [5, 5.41) is 8.31. The molecule has 2 amide bonds. The molecule has 7 nitrogen and oxygen atoms in total. The Hall–Kier alpha value is -2.36. The molecule has 2 aromatic carbocycles. The van der Waals surface area contributed by atoms with E-state index in [0.29, 0.717) is 5.69 Å². The standard InChI is InChI=1S/C17H17N3O4S2/c1-2-18-26(23,24)16-15(21)14(10-25-16)20-17(22)19-13-9-5-7-11-6-3-4-8-12(11)13/h3-10,16,18H,2H2,1H3,(H2,19,20,22). The summed E-state index contributed by atoms with van der Waals surface area (Å²) < 4.78 is 25.0. The van der Waals surface area contributed by atoms with Crippen molar-refractivity contribution in [1.82, 2.24) is 10.0 Å². The first-order valence-electron chi connectivity index (χ1n) is 7.86. The van der Waals surface area contributed by atoms with Crippen LogP contribution in [-0.4, -0.2) is 31.4 Å². The molecule has 136 valence electrons. The fourth-order valence-electron chi connectivity index (χ4n) is 2.57. The predicted molar refractivity (Wildman–Crippen MR) is 103 cm³/mol. The molecule has 1 atom stereocenters. The first-order chi connectivity index (χ1) is 12.4. The Labute approximate surface area is 155 Å². The molecule has 0 spiro atoms. The van der Waals surface area contributed by atoms with Crippen LogP contribution >= 0.6 is 11.8 Å². The lowest BCUT2D eigenvalue weighted by Gasteiger charge is -2.12. The molecule has 2 aromatic rings. The molecule has 0 aromatic heterocycles. The average Bonchev–Trinajstić information content (AvgIpc) is 2.96. The molecule has 26 heavy (non-hydrogen) atoms. The van der Waals surface area contributed by atoms with Gasteiger partial charge in [-0.1, -0.05) is 43.3 Å². The van der Waals surface area contributed by atoms with Crippen LogP contribution in [0.5, 0.6) is 0 Å². The van der Waals surface area contributed by atoms with Gasteiger partial charge in [0, 0.05) is 17.3 Å². The minimum atomic E-state index is -3.78. The van der Waals surface area contributed by atoms with Crippen LogP contribution in [0, 0.1) is 0 Å². The number of thioether (sulfide) groups is 1.